The van der Waals surface area contributed by atoms with E-state index in [4.69, 9.17) is 18.9 Å². The Kier molecular flexibility index (Phi) is 15.7. The lowest BCUT2D eigenvalue weighted by atomic mass is 9.97. The van der Waals surface area contributed by atoms with Crippen LogP contribution < -0.4 is 18.9 Å². The predicted octanol–water partition coefficient (Wildman–Crippen LogP) is 19.6. The molecule has 0 aromatic heterocycles. The minimum atomic E-state index is 0.635. The Morgan fingerprint density at radius 1 is 0.179 bits per heavy atom. The van der Waals surface area contributed by atoms with Gasteiger partial charge in [0.15, 0.2) is 23.0 Å². The summed E-state index contributed by atoms with van der Waals surface area (Å²) in [6.07, 6.45) is 8.10. The van der Waals surface area contributed by atoms with Crippen molar-refractivity contribution in [3.05, 3.63) is 302 Å². The van der Waals surface area contributed by atoms with Crippen molar-refractivity contribution in [2.45, 2.75) is 79.1 Å². The lowest BCUT2D eigenvalue weighted by molar-refractivity contribution is 0.267. The molecule has 0 saturated carbocycles. The van der Waals surface area contributed by atoms with E-state index >= 15 is 0 Å². The fourth-order valence-corrected chi connectivity index (χ4v) is 12.0. The van der Waals surface area contributed by atoms with Crippen molar-refractivity contribution in [3.8, 4) is 23.0 Å². The molecule has 84 heavy (non-hydrogen) atoms. The van der Waals surface area contributed by atoms with Crippen LogP contribution in [0.1, 0.15) is 79.1 Å². The molecule has 0 heterocycles. The maximum atomic E-state index is 6.73. The summed E-state index contributed by atoms with van der Waals surface area (Å²) in [5, 5.41) is 27.6. The van der Waals surface area contributed by atoms with Crippen molar-refractivity contribution in [1.82, 2.24) is 0 Å². The van der Waals surface area contributed by atoms with Gasteiger partial charge in [-0.05, 0) is 179 Å². The molecule has 0 spiro atoms. The molecule has 416 valence electrons. The van der Waals surface area contributed by atoms with E-state index in [1.807, 2.05) is 0 Å². The Bertz CT molecular complexity index is 4550. The third-order valence-electron chi connectivity index (χ3n) is 17.0. The summed E-state index contributed by atoms with van der Waals surface area (Å²) >= 11 is 0. The minimum Gasteiger partial charge on any atom is -0.489 e. The molecule has 12 aromatic rings. The molecule has 0 aliphatic heterocycles. The van der Waals surface area contributed by atoms with E-state index in [1.54, 1.807) is 0 Å². The van der Waals surface area contributed by atoms with E-state index in [-0.39, 0.29) is 0 Å². The highest BCUT2D eigenvalue weighted by atomic mass is 16.5. The van der Waals surface area contributed by atoms with Gasteiger partial charge in [-0.15, -0.1) is 0 Å². The molecule has 4 nitrogen and oxygen atoms in total. The molecule has 0 atom stereocenters. The fraction of sp³-hybridized carbons (Fsp3) is 0.200. The first-order valence-corrected chi connectivity index (χ1v) is 30.7. The molecule has 10 aliphatic carbocycles. The highest BCUT2D eigenvalue weighted by molar-refractivity contribution is 6.15. The highest BCUT2D eigenvalue weighted by Crippen LogP contribution is 2.46. The van der Waals surface area contributed by atoms with Gasteiger partial charge in [0.05, 0.1) is 26.4 Å². The summed E-state index contributed by atoms with van der Waals surface area (Å²) in [6, 6.07) is 81.4. The van der Waals surface area contributed by atoms with Crippen LogP contribution in [-0.4, -0.2) is 26.4 Å². The Hall–Kier alpha value is -9.12. The second-order valence-electron chi connectivity index (χ2n) is 22.6. The second-order valence-corrected chi connectivity index (χ2v) is 22.6. The topological polar surface area (TPSA) is 36.9 Å². The van der Waals surface area contributed by atoms with E-state index in [9.17, 15) is 0 Å². The summed E-state index contributed by atoms with van der Waals surface area (Å²) < 4.78 is 26.9. The first-order valence-electron chi connectivity index (χ1n) is 30.7. The van der Waals surface area contributed by atoms with Gasteiger partial charge in [0.1, 0.15) is 0 Å². The first kappa shape index (κ1) is 54.1. The molecular formula is C80H72O4. The Labute approximate surface area is 489 Å². The van der Waals surface area contributed by atoms with E-state index in [0.29, 0.717) is 26.4 Å². The zero-order chi connectivity index (χ0) is 56.9. The van der Waals surface area contributed by atoms with Gasteiger partial charge in [0.2, 0.25) is 0 Å². The van der Waals surface area contributed by atoms with E-state index in [1.165, 1.54) is 41.7 Å². The minimum absolute atomic E-state index is 0.635. The van der Waals surface area contributed by atoms with Gasteiger partial charge in [-0.2, -0.15) is 0 Å². The molecule has 20 bridgehead atoms. The van der Waals surface area contributed by atoms with Crippen molar-refractivity contribution < 1.29 is 18.9 Å². The quantitative estimate of drug-likeness (QED) is 0.0714. The molecular weight excluding hydrogens is 1020 g/mol. The summed E-state index contributed by atoms with van der Waals surface area (Å²) in [7, 11) is 0. The number of unbranched alkanes of at least 4 members (excludes halogenated alkanes) is 4. The van der Waals surface area contributed by atoms with Crippen LogP contribution in [0.5, 0.6) is 23.0 Å². The van der Waals surface area contributed by atoms with Crippen molar-refractivity contribution in [1.29, 1.82) is 0 Å². The van der Waals surface area contributed by atoms with Gasteiger partial charge in [0.25, 0.3) is 0 Å². The standard InChI is InChI=1S/C80H72O4/c1-5-9-45-81-77-69-41-37-65-49-73(69)74-50-66(38-42-70(74)78(77)82-46-10-6-2)62-31-23-58(24-32-62)54-17-19-56(20-18-54)60-27-35-64(36-28-60)68-40-44-72-76(52-68)75-51-67(39-43-71(75)79(83-47-11-7-3)80(72)84-48-12-8-4)63-33-25-59(26-34-63)55-15-13-53(14-16-55)57-21-29-61(65)30-22-57/h13-44,49-52H,5-12,45-48H2,1-4H3. The fourth-order valence-electron chi connectivity index (χ4n) is 12.0. The van der Waals surface area contributed by atoms with Crippen LogP contribution in [0.15, 0.2) is 218 Å². The van der Waals surface area contributed by atoms with Gasteiger partial charge in [-0.3, -0.25) is 0 Å². The first-order chi connectivity index (χ1) is 41.5. The average Bonchev–Trinajstić information content (AvgIpc) is 3.73. The van der Waals surface area contributed by atoms with Crippen LogP contribution in [0.25, 0.3) is 43.1 Å². The summed E-state index contributed by atoms with van der Waals surface area (Å²) in [4.78, 5) is 0. The number of benzene rings is 12. The number of hydrogen-bond acceptors (Lipinski definition) is 4. The van der Waals surface area contributed by atoms with Crippen LogP contribution in [0.4, 0.5) is 0 Å². The number of rotatable bonds is 16. The smallest absolute Gasteiger partial charge is 0.169 e. The number of hydrogen-bond donors (Lipinski definition) is 0. The van der Waals surface area contributed by atoms with Crippen LogP contribution in [0.2, 0.25) is 0 Å². The second kappa shape index (κ2) is 24.4. The molecule has 0 fully saturated rings. The normalized spacial score (nSPS) is 11.7. The Morgan fingerprint density at radius 3 is 0.476 bits per heavy atom. The lowest BCUT2D eigenvalue weighted by Crippen LogP contribution is -2.04. The van der Waals surface area contributed by atoms with Gasteiger partial charge in [0, 0.05) is 21.5 Å². The monoisotopic (exact) mass is 1100 g/mol. The molecule has 0 N–H and O–H groups in total. The van der Waals surface area contributed by atoms with Gasteiger partial charge < -0.3 is 18.9 Å². The molecule has 4 heteroatoms. The van der Waals surface area contributed by atoms with E-state index in [0.717, 1.165) is 159 Å². The van der Waals surface area contributed by atoms with Crippen LogP contribution >= 0.6 is 0 Å². The van der Waals surface area contributed by atoms with Crippen molar-refractivity contribution in [2.75, 3.05) is 26.4 Å². The Balaban J connectivity index is 1.05. The average molecular weight is 1100 g/mol. The molecule has 0 radical (unpaired) electrons. The van der Waals surface area contributed by atoms with E-state index in [2.05, 4.69) is 246 Å². The molecule has 0 unspecified atom stereocenters. The van der Waals surface area contributed by atoms with Gasteiger partial charge in [-0.1, -0.05) is 223 Å². The van der Waals surface area contributed by atoms with Crippen LogP contribution in [-0.2, 0) is 0 Å². The zero-order valence-electron chi connectivity index (χ0n) is 48.9. The number of ether oxygens (including phenoxy) is 4. The SMILES string of the molecule is CCCCOc1c(OCCCC)c2ccc3cc2c2cc(ccc12)=c1ccc(cc1)=c1ccc(cc1)=c1ccc(cc1)=c1ccc2c(OCCCC)c(OCCCC)c4ccc(cc4c2c1)=c1ccc(cc1)=c1ccc(cc1)=c1ccc=3cc1. The van der Waals surface area contributed by atoms with Gasteiger partial charge >= 0.3 is 0 Å². The summed E-state index contributed by atoms with van der Waals surface area (Å²) in [5.41, 5.74) is 0. The summed E-state index contributed by atoms with van der Waals surface area (Å²) in [6.45, 7) is 11.4. The highest BCUT2D eigenvalue weighted by Gasteiger charge is 2.20. The van der Waals surface area contributed by atoms with Crippen molar-refractivity contribution in [2.24, 2.45) is 0 Å². The van der Waals surface area contributed by atoms with Gasteiger partial charge in [-0.25, -0.2) is 0 Å². The molecule has 10 aliphatic rings. The third kappa shape index (κ3) is 10.8. The summed E-state index contributed by atoms with van der Waals surface area (Å²) in [5.74, 6) is 3.35. The van der Waals surface area contributed by atoms with E-state index < -0.39 is 0 Å². The molecule has 12 aromatic carbocycles. The maximum absolute atomic E-state index is 6.73. The Morgan fingerprint density at radius 2 is 0.321 bits per heavy atom. The van der Waals surface area contributed by atoms with Crippen molar-refractivity contribution in [3.63, 3.8) is 0 Å². The van der Waals surface area contributed by atoms with Crippen molar-refractivity contribution >= 4 is 43.1 Å². The van der Waals surface area contributed by atoms with Crippen LogP contribution in [0.3, 0.4) is 0 Å². The molecule has 0 amide bonds. The molecule has 22 rings (SSSR count). The zero-order valence-corrected chi connectivity index (χ0v) is 48.9. The third-order valence-corrected chi connectivity index (χ3v) is 17.0. The largest absolute Gasteiger partial charge is 0.489 e. The van der Waals surface area contributed by atoms with Crippen LogP contribution in [0, 0.1) is 83.5 Å². The maximum Gasteiger partial charge on any atom is 0.169 e. The molecule has 0 saturated heterocycles. The lowest BCUT2D eigenvalue weighted by Gasteiger charge is -2.19. The predicted molar refractivity (Wildman–Crippen MR) is 345 cm³/mol.